The predicted molar refractivity (Wildman–Crippen MR) is 111 cm³/mol. The molecule has 1 aromatic heterocycles. The van der Waals surface area contributed by atoms with E-state index < -0.39 is 0 Å². The van der Waals surface area contributed by atoms with Gasteiger partial charge in [0.15, 0.2) is 11.5 Å². The molecule has 0 spiro atoms. The molecule has 0 radical (unpaired) electrons. The maximum absolute atomic E-state index is 12.6. The van der Waals surface area contributed by atoms with E-state index in [9.17, 15) is 4.79 Å². The third kappa shape index (κ3) is 5.85. The maximum atomic E-state index is 12.6. The van der Waals surface area contributed by atoms with E-state index in [-0.39, 0.29) is 23.6 Å². The van der Waals surface area contributed by atoms with Gasteiger partial charge >= 0.3 is 0 Å². The number of rotatable bonds is 8. The minimum Gasteiger partial charge on any atom is -0.490 e. The van der Waals surface area contributed by atoms with Crippen LogP contribution in [0.1, 0.15) is 45.7 Å². The van der Waals surface area contributed by atoms with E-state index in [0.29, 0.717) is 24.3 Å². The SMILES string of the molecule is CC(C)Cn1nnnc1SCC(=O)NC(c1ccc2c(c1)OCCCO2)C(C)C. The Balaban J connectivity index is 1.64. The lowest BCUT2D eigenvalue weighted by Gasteiger charge is -2.24. The molecule has 1 aromatic carbocycles. The second-order valence-corrected chi connectivity index (χ2v) is 8.81. The van der Waals surface area contributed by atoms with Crippen LogP contribution < -0.4 is 14.8 Å². The van der Waals surface area contributed by atoms with Crippen LogP contribution in [0.5, 0.6) is 11.5 Å². The zero-order chi connectivity index (χ0) is 20.8. The number of amides is 1. The summed E-state index contributed by atoms with van der Waals surface area (Å²) in [7, 11) is 0. The highest BCUT2D eigenvalue weighted by atomic mass is 32.2. The fourth-order valence-electron chi connectivity index (χ4n) is 3.11. The average Bonchev–Trinajstić information content (AvgIpc) is 2.97. The Bertz CT molecular complexity index is 824. The molecule has 8 nitrogen and oxygen atoms in total. The molecule has 3 rings (SSSR count). The van der Waals surface area contributed by atoms with Crippen LogP contribution in [0, 0.1) is 11.8 Å². The van der Waals surface area contributed by atoms with Gasteiger partial charge in [-0.2, -0.15) is 0 Å². The lowest BCUT2D eigenvalue weighted by molar-refractivity contribution is -0.119. The second-order valence-electron chi connectivity index (χ2n) is 7.87. The van der Waals surface area contributed by atoms with E-state index in [1.807, 2.05) is 18.2 Å². The highest BCUT2D eigenvalue weighted by molar-refractivity contribution is 7.99. The zero-order valence-corrected chi connectivity index (χ0v) is 18.2. The first-order valence-electron chi connectivity index (χ1n) is 10.0. The van der Waals surface area contributed by atoms with Crippen LogP contribution in [0.3, 0.4) is 0 Å². The Morgan fingerprint density at radius 3 is 2.69 bits per heavy atom. The van der Waals surface area contributed by atoms with Gasteiger partial charge < -0.3 is 14.8 Å². The van der Waals surface area contributed by atoms with E-state index >= 15 is 0 Å². The second kappa shape index (κ2) is 9.96. The Morgan fingerprint density at radius 1 is 1.21 bits per heavy atom. The van der Waals surface area contributed by atoms with E-state index in [1.165, 1.54) is 11.8 Å². The summed E-state index contributed by atoms with van der Waals surface area (Å²) in [5.41, 5.74) is 1.01. The first-order valence-corrected chi connectivity index (χ1v) is 11.0. The Hall–Kier alpha value is -2.29. The average molecular weight is 420 g/mol. The van der Waals surface area contributed by atoms with Crippen molar-refractivity contribution in [1.29, 1.82) is 0 Å². The highest BCUT2D eigenvalue weighted by Gasteiger charge is 2.21. The number of fused-ring (bicyclic) bond motifs is 1. The molecule has 29 heavy (non-hydrogen) atoms. The molecule has 2 aromatic rings. The van der Waals surface area contributed by atoms with Gasteiger partial charge in [0.25, 0.3) is 0 Å². The number of thioether (sulfide) groups is 1. The number of carbonyl (C=O) groups is 1. The van der Waals surface area contributed by atoms with Gasteiger partial charge in [-0.3, -0.25) is 4.79 Å². The van der Waals surface area contributed by atoms with Crippen molar-refractivity contribution >= 4 is 17.7 Å². The van der Waals surface area contributed by atoms with Crippen molar-refractivity contribution < 1.29 is 14.3 Å². The Kier molecular flexibility index (Phi) is 7.35. The summed E-state index contributed by atoms with van der Waals surface area (Å²) in [6.07, 6.45) is 0.863. The quantitative estimate of drug-likeness (QED) is 0.658. The van der Waals surface area contributed by atoms with Crippen LogP contribution >= 0.6 is 11.8 Å². The Morgan fingerprint density at radius 2 is 1.97 bits per heavy atom. The molecule has 158 valence electrons. The zero-order valence-electron chi connectivity index (χ0n) is 17.4. The van der Waals surface area contributed by atoms with Gasteiger partial charge in [0.05, 0.1) is 25.0 Å². The summed E-state index contributed by atoms with van der Waals surface area (Å²) < 4.78 is 13.2. The lowest BCUT2D eigenvalue weighted by atomic mass is 9.95. The molecule has 1 aliphatic rings. The predicted octanol–water partition coefficient (Wildman–Crippen LogP) is 3.10. The fraction of sp³-hybridized carbons (Fsp3) is 0.600. The van der Waals surface area contributed by atoms with Crippen LogP contribution in [-0.4, -0.2) is 45.1 Å². The molecule has 9 heteroatoms. The molecule has 1 atom stereocenters. The maximum Gasteiger partial charge on any atom is 0.230 e. The minimum atomic E-state index is -0.119. The van der Waals surface area contributed by atoms with Gasteiger partial charge in [-0.05, 0) is 40.0 Å². The molecule has 0 saturated carbocycles. The van der Waals surface area contributed by atoms with Gasteiger partial charge in [-0.15, -0.1) is 5.10 Å². The standard InChI is InChI=1S/C20H29N5O3S/c1-13(2)11-25-20(22-23-24-25)29-12-18(26)21-19(14(3)4)15-6-7-16-17(10-15)28-9-5-8-27-16/h6-7,10,13-14,19H,5,8-9,11-12H2,1-4H3,(H,21,26). The Labute approximate surface area is 175 Å². The molecule has 1 amide bonds. The van der Waals surface area contributed by atoms with Gasteiger partial charge in [-0.1, -0.05) is 45.5 Å². The van der Waals surface area contributed by atoms with Crippen molar-refractivity contribution in [2.75, 3.05) is 19.0 Å². The molecule has 1 N–H and O–H groups in total. The molecular formula is C20H29N5O3S. The van der Waals surface area contributed by atoms with Crippen LogP contribution in [0.2, 0.25) is 0 Å². The van der Waals surface area contributed by atoms with Gasteiger partial charge in [0.2, 0.25) is 11.1 Å². The summed E-state index contributed by atoms with van der Waals surface area (Å²) in [5, 5.41) is 15.5. The van der Waals surface area contributed by atoms with Gasteiger partial charge in [-0.25, -0.2) is 4.68 Å². The largest absolute Gasteiger partial charge is 0.490 e. The highest BCUT2D eigenvalue weighted by Crippen LogP contribution is 2.34. The molecule has 0 bridgehead atoms. The van der Waals surface area contributed by atoms with E-state index in [0.717, 1.165) is 30.0 Å². The van der Waals surface area contributed by atoms with Crippen LogP contribution in [-0.2, 0) is 11.3 Å². The summed E-state index contributed by atoms with van der Waals surface area (Å²) >= 11 is 1.35. The van der Waals surface area contributed by atoms with Crippen molar-refractivity contribution in [3.05, 3.63) is 23.8 Å². The number of nitrogens with zero attached hydrogens (tertiary/aromatic N) is 4. The molecule has 0 saturated heterocycles. The molecule has 1 unspecified atom stereocenters. The third-order valence-electron chi connectivity index (χ3n) is 4.48. The van der Waals surface area contributed by atoms with Crippen molar-refractivity contribution in [3.8, 4) is 11.5 Å². The number of benzene rings is 1. The van der Waals surface area contributed by atoms with Crippen molar-refractivity contribution in [2.45, 2.75) is 51.9 Å². The molecule has 1 aliphatic heterocycles. The topological polar surface area (TPSA) is 91.2 Å². The molecular weight excluding hydrogens is 390 g/mol. The van der Waals surface area contributed by atoms with Crippen molar-refractivity contribution in [2.24, 2.45) is 11.8 Å². The normalized spacial score (nSPS) is 14.7. The molecule has 2 heterocycles. The first kappa shape index (κ1) is 21.4. The minimum absolute atomic E-state index is 0.0556. The number of ether oxygens (including phenoxy) is 2. The smallest absolute Gasteiger partial charge is 0.230 e. The van der Waals surface area contributed by atoms with Crippen LogP contribution in [0.25, 0.3) is 0 Å². The van der Waals surface area contributed by atoms with E-state index in [4.69, 9.17) is 9.47 Å². The van der Waals surface area contributed by atoms with E-state index in [2.05, 4.69) is 48.5 Å². The summed E-state index contributed by atoms with van der Waals surface area (Å²) in [5.74, 6) is 2.35. The summed E-state index contributed by atoms with van der Waals surface area (Å²) in [6, 6.07) is 5.77. The number of carbonyl (C=O) groups excluding carboxylic acids is 1. The number of aromatic nitrogens is 4. The fourth-order valence-corrected chi connectivity index (χ4v) is 3.81. The first-order chi connectivity index (χ1) is 13.9. The number of tetrazole rings is 1. The van der Waals surface area contributed by atoms with E-state index in [1.54, 1.807) is 4.68 Å². The lowest BCUT2D eigenvalue weighted by Crippen LogP contribution is -2.33. The third-order valence-corrected chi connectivity index (χ3v) is 5.44. The monoisotopic (exact) mass is 419 g/mol. The summed E-state index contributed by atoms with van der Waals surface area (Å²) in [6.45, 7) is 10.4. The van der Waals surface area contributed by atoms with Gasteiger partial charge in [0.1, 0.15) is 0 Å². The number of nitrogens with one attached hydrogen (secondary N) is 1. The molecule has 0 aliphatic carbocycles. The number of hydrogen-bond acceptors (Lipinski definition) is 7. The molecule has 0 fully saturated rings. The van der Waals surface area contributed by atoms with Crippen molar-refractivity contribution in [1.82, 2.24) is 25.5 Å². The van der Waals surface area contributed by atoms with Crippen LogP contribution in [0.4, 0.5) is 0 Å². The van der Waals surface area contributed by atoms with Crippen LogP contribution in [0.15, 0.2) is 23.4 Å². The van der Waals surface area contributed by atoms with Crippen molar-refractivity contribution in [3.63, 3.8) is 0 Å². The summed E-state index contributed by atoms with van der Waals surface area (Å²) in [4.78, 5) is 12.6. The van der Waals surface area contributed by atoms with Gasteiger partial charge in [0, 0.05) is 13.0 Å². The number of hydrogen-bond donors (Lipinski definition) is 1.